The van der Waals surface area contributed by atoms with Crippen LogP contribution in [-0.2, 0) is 0 Å². The van der Waals surface area contributed by atoms with Crippen LogP contribution in [0.4, 0.5) is 11.5 Å². The lowest BCUT2D eigenvalue weighted by atomic mass is 10.0. The van der Waals surface area contributed by atoms with Gasteiger partial charge in [-0.2, -0.15) is 11.8 Å². The van der Waals surface area contributed by atoms with Gasteiger partial charge in [0.05, 0.1) is 11.4 Å². The van der Waals surface area contributed by atoms with E-state index in [1.54, 1.807) is 0 Å². The van der Waals surface area contributed by atoms with Crippen LogP contribution in [-0.4, -0.2) is 23.0 Å². The zero-order valence-corrected chi connectivity index (χ0v) is 10.5. The van der Waals surface area contributed by atoms with Gasteiger partial charge in [-0.05, 0) is 49.3 Å². The van der Waals surface area contributed by atoms with E-state index in [0.29, 0.717) is 0 Å². The lowest BCUT2D eigenvalue weighted by molar-refractivity contribution is 0.515. The summed E-state index contributed by atoms with van der Waals surface area (Å²) in [6.07, 6.45) is 2.65. The summed E-state index contributed by atoms with van der Waals surface area (Å²) in [6.45, 7) is 2.98. The minimum absolute atomic E-state index is 0.764. The molecule has 3 nitrogen and oxygen atoms in total. The van der Waals surface area contributed by atoms with E-state index in [2.05, 4.69) is 22.1 Å². The Bertz CT molecular complexity index is 348. The smallest absolute Gasteiger partial charge is 0.126 e. The molecule has 3 N–H and O–H groups in total. The molecule has 0 unspecified atom stereocenters. The summed E-state index contributed by atoms with van der Waals surface area (Å²) in [7, 11) is 0. The minimum Gasteiger partial charge on any atom is -0.397 e. The largest absolute Gasteiger partial charge is 0.397 e. The van der Waals surface area contributed by atoms with Gasteiger partial charge in [0.1, 0.15) is 5.82 Å². The third-order valence-electron chi connectivity index (χ3n) is 3.04. The second-order valence-corrected chi connectivity index (χ2v) is 5.53. The monoisotopic (exact) mass is 237 g/mol. The first-order chi connectivity index (χ1) is 7.75. The predicted molar refractivity (Wildman–Crippen MR) is 71.9 cm³/mol. The fourth-order valence-electron chi connectivity index (χ4n) is 1.87. The predicted octanol–water partition coefficient (Wildman–Crippen LogP) is 2.53. The molecular formula is C12H19N3S. The highest BCUT2D eigenvalue weighted by Crippen LogP contribution is 2.23. The maximum atomic E-state index is 5.73. The third-order valence-corrected chi connectivity index (χ3v) is 4.09. The standard InChI is InChI=1S/C12H19N3S/c1-9-11(13)2-3-12(15-9)14-8-10-4-6-16-7-5-10/h2-3,10H,4-8,13H2,1H3,(H,14,15). The number of anilines is 2. The van der Waals surface area contributed by atoms with E-state index in [9.17, 15) is 0 Å². The summed E-state index contributed by atoms with van der Waals surface area (Å²) in [4.78, 5) is 4.42. The molecule has 0 amide bonds. The molecule has 0 aromatic carbocycles. The molecule has 1 aromatic heterocycles. The topological polar surface area (TPSA) is 50.9 Å². The summed E-state index contributed by atoms with van der Waals surface area (Å²) < 4.78 is 0. The first-order valence-corrected chi connectivity index (χ1v) is 6.96. The number of nitrogens with two attached hydrogens (primary N) is 1. The molecule has 0 spiro atoms. The van der Waals surface area contributed by atoms with Gasteiger partial charge in [0.15, 0.2) is 0 Å². The Morgan fingerprint density at radius 3 is 2.88 bits per heavy atom. The van der Waals surface area contributed by atoms with E-state index < -0.39 is 0 Å². The van der Waals surface area contributed by atoms with Crippen LogP contribution in [0.1, 0.15) is 18.5 Å². The van der Waals surface area contributed by atoms with Crippen molar-refractivity contribution in [1.82, 2.24) is 4.98 Å². The molecule has 0 atom stereocenters. The van der Waals surface area contributed by atoms with Crippen molar-refractivity contribution in [1.29, 1.82) is 0 Å². The Hall–Kier alpha value is -0.900. The summed E-state index contributed by atoms with van der Waals surface area (Å²) in [5.41, 5.74) is 7.40. The molecule has 0 bridgehead atoms. The second-order valence-electron chi connectivity index (χ2n) is 4.31. The lowest BCUT2D eigenvalue weighted by Gasteiger charge is -2.21. The number of pyridine rings is 1. The average Bonchev–Trinajstić information content (AvgIpc) is 2.32. The normalized spacial score (nSPS) is 17.3. The first-order valence-electron chi connectivity index (χ1n) is 5.80. The molecule has 88 valence electrons. The summed E-state index contributed by atoms with van der Waals surface area (Å²) in [5, 5.41) is 3.41. The number of nitrogens with zero attached hydrogens (tertiary/aromatic N) is 1. The zero-order chi connectivity index (χ0) is 11.4. The SMILES string of the molecule is Cc1nc(NCC2CCSCC2)ccc1N. The van der Waals surface area contributed by atoms with Gasteiger partial charge in [-0.15, -0.1) is 0 Å². The minimum atomic E-state index is 0.764. The first kappa shape index (κ1) is 11.6. The molecule has 4 heteroatoms. The summed E-state index contributed by atoms with van der Waals surface area (Å²) in [5.74, 6) is 4.37. The molecule has 1 aliphatic rings. The van der Waals surface area contributed by atoms with Crippen LogP contribution in [0.25, 0.3) is 0 Å². The van der Waals surface area contributed by atoms with Gasteiger partial charge < -0.3 is 11.1 Å². The Labute approximate surface area is 101 Å². The van der Waals surface area contributed by atoms with Gasteiger partial charge in [-0.3, -0.25) is 0 Å². The maximum Gasteiger partial charge on any atom is 0.126 e. The number of hydrogen-bond donors (Lipinski definition) is 2. The van der Waals surface area contributed by atoms with Crippen LogP contribution in [0.5, 0.6) is 0 Å². The fourth-order valence-corrected chi connectivity index (χ4v) is 3.07. The number of hydrogen-bond acceptors (Lipinski definition) is 4. The molecule has 0 radical (unpaired) electrons. The van der Waals surface area contributed by atoms with Crippen LogP contribution in [0.2, 0.25) is 0 Å². The van der Waals surface area contributed by atoms with E-state index >= 15 is 0 Å². The summed E-state index contributed by atoms with van der Waals surface area (Å²) >= 11 is 2.06. The zero-order valence-electron chi connectivity index (χ0n) is 9.70. The molecule has 2 rings (SSSR count). The number of aryl methyl sites for hydroxylation is 1. The number of nitrogens with one attached hydrogen (secondary N) is 1. The van der Waals surface area contributed by atoms with E-state index in [1.165, 1.54) is 24.3 Å². The number of aromatic nitrogens is 1. The van der Waals surface area contributed by atoms with E-state index in [4.69, 9.17) is 5.73 Å². The molecule has 16 heavy (non-hydrogen) atoms. The van der Waals surface area contributed by atoms with Crippen LogP contribution in [0, 0.1) is 12.8 Å². The van der Waals surface area contributed by atoms with Crippen LogP contribution < -0.4 is 11.1 Å². The van der Waals surface area contributed by atoms with Gasteiger partial charge in [-0.1, -0.05) is 0 Å². The molecular weight excluding hydrogens is 218 g/mol. The second kappa shape index (κ2) is 5.43. The molecule has 0 aliphatic carbocycles. The maximum absolute atomic E-state index is 5.73. The Morgan fingerprint density at radius 2 is 2.19 bits per heavy atom. The molecule has 1 aromatic rings. The lowest BCUT2D eigenvalue weighted by Crippen LogP contribution is -2.19. The van der Waals surface area contributed by atoms with Crippen LogP contribution >= 0.6 is 11.8 Å². The van der Waals surface area contributed by atoms with E-state index in [0.717, 1.165) is 29.7 Å². The van der Waals surface area contributed by atoms with Crippen molar-refractivity contribution in [2.75, 3.05) is 29.1 Å². The summed E-state index contributed by atoms with van der Waals surface area (Å²) in [6, 6.07) is 3.88. The van der Waals surface area contributed by atoms with E-state index in [1.807, 2.05) is 19.1 Å². The highest BCUT2D eigenvalue weighted by molar-refractivity contribution is 7.99. The fraction of sp³-hybridized carbons (Fsp3) is 0.583. The Kier molecular flexibility index (Phi) is 3.93. The van der Waals surface area contributed by atoms with Crippen molar-refractivity contribution < 1.29 is 0 Å². The number of thioether (sulfide) groups is 1. The van der Waals surface area contributed by atoms with Crippen molar-refractivity contribution in [2.24, 2.45) is 5.92 Å². The highest BCUT2D eigenvalue weighted by Gasteiger charge is 2.13. The average molecular weight is 237 g/mol. The van der Waals surface area contributed by atoms with Crippen molar-refractivity contribution in [3.63, 3.8) is 0 Å². The van der Waals surface area contributed by atoms with Crippen LogP contribution in [0.15, 0.2) is 12.1 Å². The van der Waals surface area contributed by atoms with Gasteiger partial charge >= 0.3 is 0 Å². The Morgan fingerprint density at radius 1 is 1.44 bits per heavy atom. The van der Waals surface area contributed by atoms with Crippen LogP contribution in [0.3, 0.4) is 0 Å². The molecule has 1 fully saturated rings. The quantitative estimate of drug-likeness (QED) is 0.848. The number of rotatable bonds is 3. The molecule has 1 saturated heterocycles. The Balaban J connectivity index is 1.86. The number of nitrogen functional groups attached to an aromatic ring is 1. The highest BCUT2D eigenvalue weighted by atomic mass is 32.2. The van der Waals surface area contributed by atoms with Gasteiger partial charge in [0.2, 0.25) is 0 Å². The van der Waals surface area contributed by atoms with Crippen molar-refractivity contribution in [3.05, 3.63) is 17.8 Å². The molecule has 2 heterocycles. The molecule has 0 saturated carbocycles. The van der Waals surface area contributed by atoms with Gasteiger partial charge in [0, 0.05) is 6.54 Å². The van der Waals surface area contributed by atoms with Crippen molar-refractivity contribution >= 4 is 23.3 Å². The molecule has 1 aliphatic heterocycles. The van der Waals surface area contributed by atoms with Gasteiger partial charge in [0.25, 0.3) is 0 Å². The van der Waals surface area contributed by atoms with Gasteiger partial charge in [-0.25, -0.2) is 4.98 Å². The third kappa shape index (κ3) is 3.04. The van der Waals surface area contributed by atoms with Crippen molar-refractivity contribution in [2.45, 2.75) is 19.8 Å². The van der Waals surface area contributed by atoms with E-state index in [-0.39, 0.29) is 0 Å². The van der Waals surface area contributed by atoms with Crippen molar-refractivity contribution in [3.8, 4) is 0 Å².